The molecule has 0 saturated carbocycles. The van der Waals surface area contributed by atoms with Gasteiger partial charge in [-0.25, -0.2) is 26.3 Å². The van der Waals surface area contributed by atoms with E-state index in [1.807, 2.05) is 336 Å². The highest BCUT2D eigenvalue weighted by atomic mass is 19.2. The minimum atomic E-state index is -0.804. The van der Waals surface area contributed by atoms with Crippen molar-refractivity contribution in [3.8, 4) is 156 Å². The van der Waals surface area contributed by atoms with Crippen LogP contribution in [0.1, 0.15) is 77.9 Å². The van der Waals surface area contributed by atoms with Crippen LogP contribution in [0.5, 0.6) is 0 Å². The average Bonchev–Trinajstić information content (AvgIpc) is 0.727. The van der Waals surface area contributed by atoms with E-state index in [2.05, 4.69) is 173 Å². The van der Waals surface area contributed by atoms with E-state index in [9.17, 15) is 26.3 Å². The van der Waals surface area contributed by atoms with E-state index in [1.165, 1.54) is 111 Å². The van der Waals surface area contributed by atoms with Crippen LogP contribution >= 0.6 is 0 Å². The number of benzene rings is 21. The number of halogens is 6. The zero-order valence-electron chi connectivity index (χ0n) is 85.3. The first-order valence-electron chi connectivity index (χ1n) is 49.4. The molecule has 0 aromatic heterocycles. The van der Waals surface area contributed by atoms with Crippen molar-refractivity contribution in [1.82, 2.24) is 0 Å². The van der Waals surface area contributed by atoms with Gasteiger partial charge in [-0.1, -0.05) is 527 Å². The highest BCUT2D eigenvalue weighted by molar-refractivity contribution is 5.79. The van der Waals surface area contributed by atoms with E-state index in [1.54, 1.807) is 60.7 Å². The number of aryl methyl sites for hydroxylation is 14. The molecule has 0 bridgehead atoms. The molecule has 722 valence electrons. The molecule has 0 aliphatic carbocycles. The van der Waals surface area contributed by atoms with Crippen LogP contribution in [-0.2, 0) is 0 Å². The fraction of sp³-hybridized carbons (Fsp3) is 0.100. The summed E-state index contributed by atoms with van der Waals surface area (Å²) in [4.78, 5) is 0. The Balaban J connectivity index is 0.000000128. The molecule has 21 aromatic carbocycles. The fourth-order valence-electron chi connectivity index (χ4n) is 16.8. The maximum atomic E-state index is 14.4. The molecule has 0 aliphatic heterocycles. The van der Waals surface area contributed by atoms with E-state index >= 15 is 0 Å². The Morgan fingerprint density at radius 1 is 0.0890 bits per heavy atom. The Bertz CT molecular complexity index is 6980. The molecule has 0 heterocycles. The van der Waals surface area contributed by atoms with Crippen molar-refractivity contribution in [2.24, 2.45) is 0 Å². The lowest BCUT2D eigenvalue weighted by Crippen LogP contribution is -1.94. The lowest BCUT2D eigenvalue weighted by molar-refractivity contribution is 0.514. The topological polar surface area (TPSA) is 0 Å². The maximum absolute atomic E-state index is 14.4. The van der Waals surface area contributed by atoms with E-state index in [0.29, 0.717) is 33.4 Å². The van der Waals surface area contributed by atoms with Crippen molar-refractivity contribution in [2.75, 3.05) is 0 Å². The van der Waals surface area contributed by atoms with Crippen LogP contribution in [-0.4, -0.2) is 0 Å². The SMILES string of the molecule is Cc1ccc(-c2ccc(-c3ccc(C)cc3)c(F)c2)cc1.Cc1ccc(-c2ccc(-c3ccc(C)cc3)c(F)c2)cc1.Cc1ccc(-c2ccc(-c3ccc(C)cc3)c(F)c2)cc1.Cc1ccc(-c2ccc(-c3ccc(C)cc3)c(F)c2)cc1.Cc1ccc(-c2ccc(-c3ccc(C)cc3)c(F)c2F)cc1.Cc1ccc(-c2ccc(-c3ccc(C)cc3)cc2)cc1.Cc1ccc(-c2ccc(-c3ccc(C)cc3)cc2)cc1. The summed E-state index contributed by atoms with van der Waals surface area (Å²) < 4.78 is 86.5. The normalized spacial score (nSPS) is 10.6. The summed E-state index contributed by atoms with van der Waals surface area (Å²) in [6, 6.07) is 156. The molecule has 0 aliphatic rings. The number of hydrogen-bond donors (Lipinski definition) is 0. The minimum absolute atomic E-state index is 0.183. The third-order valence-electron chi connectivity index (χ3n) is 26.0. The van der Waals surface area contributed by atoms with E-state index in [0.717, 1.165) is 77.9 Å². The van der Waals surface area contributed by atoms with Gasteiger partial charge >= 0.3 is 0 Å². The molecule has 21 rings (SSSR count). The molecule has 146 heavy (non-hydrogen) atoms. The summed E-state index contributed by atoms with van der Waals surface area (Å²) in [6.45, 7) is 28.7. The first-order valence-corrected chi connectivity index (χ1v) is 49.4. The van der Waals surface area contributed by atoms with E-state index in [-0.39, 0.29) is 34.4 Å². The number of rotatable bonds is 14. The molecule has 0 amide bonds. The predicted octanol–water partition coefficient (Wildman–Crippen LogP) is 40.3. The van der Waals surface area contributed by atoms with Gasteiger partial charge in [0.05, 0.1) is 0 Å². The average molecular weight is 1920 g/mol. The molecule has 0 spiro atoms. The molecule has 0 unspecified atom stereocenters. The van der Waals surface area contributed by atoms with Crippen molar-refractivity contribution in [2.45, 2.75) is 96.9 Å². The van der Waals surface area contributed by atoms with Crippen molar-refractivity contribution < 1.29 is 26.3 Å². The van der Waals surface area contributed by atoms with Crippen molar-refractivity contribution in [1.29, 1.82) is 0 Å². The third kappa shape index (κ3) is 28.2. The summed E-state index contributed by atoms with van der Waals surface area (Å²) >= 11 is 0. The van der Waals surface area contributed by atoms with Gasteiger partial charge in [0.25, 0.3) is 0 Å². The zero-order chi connectivity index (χ0) is 103. The molecule has 0 N–H and O–H groups in total. The molecule has 0 saturated heterocycles. The van der Waals surface area contributed by atoms with Crippen LogP contribution in [0, 0.1) is 132 Å². The predicted molar refractivity (Wildman–Crippen MR) is 607 cm³/mol. The summed E-state index contributed by atoms with van der Waals surface area (Å²) in [5.41, 5.74) is 42.9. The molecule has 21 aromatic rings. The third-order valence-corrected chi connectivity index (χ3v) is 26.0. The summed E-state index contributed by atoms with van der Waals surface area (Å²) in [5, 5.41) is 0. The van der Waals surface area contributed by atoms with Crippen LogP contribution in [0.2, 0.25) is 0 Å². The fourth-order valence-corrected chi connectivity index (χ4v) is 16.8. The van der Waals surface area contributed by atoms with Crippen LogP contribution in [0.15, 0.2) is 473 Å². The van der Waals surface area contributed by atoms with Gasteiger partial charge in [0.2, 0.25) is 0 Å². The Labute approximate surface area is 859 Å². The minimum Gasteiger partial charge on any atom is -0.206 e. The van der Waals surface area contributed by atoms with Crippen LogP contribution in [0.25, 0.3) is 156 Å². The van der Waals surface area contributed by atoms with Crippen molar-refractivity contribution >= 4 is 0 Å². The molecular formula is C140H120F6. The van der Waals surface area contributed by atoms with Gasteiger partial charge in [0.15, 0.2) is 11.6 Å². The molecule has 0 radical (unpaired) electrons. The zero-order valence-corrected chi connectivity index (χ0v) is 85.3. The van der Waals surface area contributed by atoms with Crippen molar-refractivity contribution in [3.05, 3.63) is 586 Å². The lowest BCUT2D eigenvalue weighted by atomic mass is 9.98. The van der Waals surface area contributed by atoms with Gasteiger partial charge in [0.1, 0.15) is 23.3 Å². The Hall–Kier alpha value is -16.8. The second kappa shape index (κ2) is 49.3. The lowest BCUT2D eigenvalue weighted by Gasteiger charge is -2.09. The monoisotopic (exact) mass is 1910 g/mol. The summed E-state index contributed by atoms with van der Waals surface area (Å²) in [5.74, 6) is -2.34. The van der Waals surface area contributed by atoms with Gasteiger partial charge in [0, 0.05) is 33.4 Å². The Morgan fingerprint density at radius 3 is 0.288 bits per heavy atom. The first kappa shape index (κ1) is 104. The number of hydrogen-bond acceptors (Lipinski definition) is 0. The smallest absolute Gasteiger partial charge is 0.167 e. The maximum Gasteiger partial charge on any atom is 0.167 e. The second-order valence-corrected chi connectivity index (χ2v) is 37.8. The van der Waals surface area contributed by atoms with Crippen LogP contribution in [0.4, 0.5) is 26.3 Å². The highest BCUT2D eigenvalue weighted by Gasteiger charge is 2.19. The molecule has 0 nitrogen and oxygen atoms in total. The van der Waals surface area contributed by atoms with Gasteiger partial charge in [-0.05, 0) is 244 Å². The summed E-state index contributed by atoms with van der Waals surface area (Å²) in [6.07, 6.45) is 0. The van der Waals surface area contributed by atoms with Gasteiger partial charge in [-0.3, -0.25) is 0 Å². The van der Waals surface area contributed by atoms with Crippen molar-refractivity contribution in [3.63, 3.8) is 0 Å². The van der Waals surface area contributed by atoms with Gasteiger partial charge in [-0.15, -0.1) is 0 Å². The van der Waals surface area contributed by atoms with Crippen LogP contribution < -0.4 is 0 Å². The quantitative estimate of drug-likeness (QED) is 0.0952. The largest absolute Gasteiger partial charge is 0.206 e. The van der Waals surface area contributed by atoms with Gasteiger partial charge < -0.3 is 0 Å². The Morgan fingerprint density at radius 2 is 0.171 bits per heavy atom. The van der Waals surface area contributed by atoms with Crippen LogP contribution in [0.3, 0.4) is 0 Å². The molecular weight excluding hydrogens is 1800 g/mol. The standard InChI is InChI=1S/C20H16F2.4C20H17F.2C20H18/c1-13-3-7-15(8-4-13)17-11-12-18(20(22)19(17)21)16-9-5-14(2)6-10-16;4*1-14-3-7-16(8-4-14)18-11-12-19(20(21)13-18)17-9-5-15(2)6-10-17;2*1-15-3-7-17(8-4-15)19-11-13-20(14-12-19)18-9-5-16(2)6-10-18/h3-12H,1-2H3;4*3-13H,1-2H3;2*3-14H,1-2H3. The van der Waals surface area contributed by atoms with Gasteiger partial charge in [-0.2, -0.15) is 0 Å². The Kier molecular flexibility index (Phi) is 34.9. The van der Waals surface area contributed by atoms with E-state index in [4.69, 9.17) is 0 Å². The molecule has 0 fully saturated rings. The second-order valence-electron chi connectivity index (χ2n) is 37.8. The first-order chi connectivity index (χ1) is 70.5. The summed E-state index contributed by atoms with van der Waals surface area (Å²) in [7, 11) is 0. The van der Waals surface area contributed by atoms with E-state index < -0.39 is 11.6 Å². The molecule has 6 heteroatoms. The highest BCUT2D eigenvalue weighted by Crippen LogP contribution is 2.38. The molecule has 0 atom stereocenters.